The lowest BCUT2D eigenvalue weighted by atomic mass is 10.00. The van der Waals surface area contributed by atoms with Crippen LogP contribution < -0.4 is 41.5 Å². The molecule has 0 aliphatic carbocycles. The minimum absolute atomic E-state index is 0.641. The van der Waals surface area contributed by atoms with Crippen LogP contribution in [0.1, 0.15) is 0 Å². The Morgan fingerprint density at radius 3 is 0.663 bits per heavy atom. The molecule has 98 heavy (non-hydrogen) atoms. The Kier molecular flexibility index (Phi) is 16.9. The normalized spacial score (nSPS) is 11.5. The van der Waals surface area contributed by atoms with E-state index in [-0.39, 0.29) is 0 Å². The second kappa shape index (κ2) is 27.3. The van der Waals surface area contributed by atoms with E-state index in [1.165, 1.54) is 63.7 Å². The fraction of sp³-hybridized carbons (Fsp3) is 0. The van der Waals surface area contributed by atoms with Gasteiger partial charge in [0.1, 0.15) is 0 Å². The Labute approximate surface area is 576 Å². The summed E-state index contributed by atoms with van der Waals surface area (Å²) in [6, 6.07) is 153. The molecule has 0 radical (unpaired) electrons. The van der Waals surface area contributed by atoms with Crippen molar-refractivity contribution in [1.82, 2.24) is 9.97 Å². The molecule has 0 bridgehead atoms. The Morgan fingerprint density at radius 2 is 0.347 bits per heavy atom. The fourth-order valence-corrected chi connectivity index (χ4v) is 24.6. The average Bonchev–Trinajstić information content (AvgIpc) is 0.711. The maximum Gasteiger partial charge on any atom is 0.179 e. The van der Waals surface area contributed by atoms with E-state index >= 15 is 0 Å². The molecule has 16 rings (SSSR count). The van der Waals surface area contributed by atoms with Gasteiger partial charge in [0, 0.05) is 16.7 Å². The Hall–Kier alpha value is -12.2. The quantitative estimate of drug-likeness (QED) is 0.0671. The largest absolute Gasteiger partial charge is 0.228 e. The van der Waals surface area contributed by atoms with E-state index in [2.05, 4.69) is 413 Å². The van der Waals surface area contributed by atoms with Gasteiger partial charge in [0.25, 0.3) is 0 Å². The minimum atomic E-state index is -3.60. The number of aromatic nitrogens is 2. The molecule has 0 saturated carbocycles. The molecule has 0 unspecified atom stereocenters. The predicted molar refractivity (Wildman–Crippen MR) is 418 cm³/mol. The number of hydrogen-bond donors (Lipinski definition) is 0. The van der Waals surface area contributed by atoms with Crippen LogP contribution in [0.15, 0.2) is 413 Å². The molecule has 1 heterocycles. The highest BCUT2D eigenvalue weighted by Gasteiger charge is 2.47. The molecule has 0 spiro atoms. The molecule has 0 amide bonds. The Balaban J connectivity index is 1.08. The van der Waals surface area contributed by atoms with Crippen molar-refractivity contribution in [3.8, 4) is 101 Å². The Morgan fingerprint density at radius 1 is 0.133 bits per heavy atom. The maximum absolute atomic E-state index is 5.93. The second-order valence-electron chi connectivity index (χ2n) is 25.2. The summed E-state index contributed by atoms with van der Waals surface area (Å²) in [4.78, 5) is 11.6. The summed E-state index contributed by atoms with van der Waals surface area (Å²) in [6.45, 7) is 0. The summed E-state index contributed by atoms with van der Waals surface area (Å²) in [6.07, 6.45) is 0. The fourth-order valence-electron chi connectivity index (χ4n) is 14.7. The summed E-state index contributed by atoms with van der Waals surface area (Å²) in [7, 11) is -7.20. The molecule has 0 aliphatic rings. The van der Waals surface area contributed by atoms with E-state index in [9.17, 15) is 0 Å². The van der Waals surface area contributed by atoms with Crippen LogP contribution in [0.5, 0.6) is 0 Å². The standard InChI is InChI=1S/C94H68N2Si2/c1-9-31-69(32-10-1)75-43-25-49-81(59-75)92-68-93(96-94(95-92)82-50-26-44-76(60-82)70-33-11-2-12-34-70)83-65-90(97(84-51-21-7-22-52-84,86-55-27-45-77(61-86)71-35-13-3-14-36-71)87-56-28-46-78(62-87)72-37-15-4-16-38-72)67-91(66-83)98(85-53-23-8-24-54-85,88-57-29-47-79(63-88)73-39-17-5-18-40-73)89-58-30-48-80(64-89)74-41-19-6-20-42-74/h1-68H. The molecule has 0 atom stereocenters. The number of hydrogen-bond acceptors (Lipinski definition) is 2. The number of nitrogens with zero attached hydrogens (tertiary/aromatic N) is 2. The van der Waals surface area contributed by atoms with Crippen molar-refractivity contribution in [2.45, 2.75) is 0 Å². The first kappa shape index (κ1) is 60.7. The van der Waals surface area contributed by atoms with Crippen molar-refractivity contribution in [3.63, 3.8) is 0 Å². The summed E-state index contributed by atoms with van der Waals surface area (Å²) in [5.41, 5.74) is 18.4. The first-order valence-corrected chi connectivity index (χ1v) is 37.7. The van der Waals surface area contributed by atoms with Gasteiger partial charge in [0.2, 0.25) is 0 Å². The lowest BCUT2D eigenvalue weighted by Gasteiger charge is -2.39. The van der Waals surface area contributed by atoms with E-state index in [0.717, 1.165) is 72.6 Å². The molecule has 0 saturated heterocycles. The minimum Gasteiger partial charge on any atom is -0.228 e. The lowest BCUT2D eigenvalue weighted by molar-refractivity contribution is 1.18. The van der Waals surface area contributed by atoms with Crippen LogP contribution in [-0.4, -0.2) is 26.1 Å². The molecule has 1 aromatic heterocycles. The molecule has 0 aliphatic heterocycles. The topological polar surface area (TPSA) is 25.8 Å². The van der Waals surface area contributed by atoms with Crippen LogP contribution >= 0.6 is 0 Å². The SMILES string of the molecule is c1ccc(-c2cccc(-c3cc(-c4cc([Si](c5ccccc5)(c5cccc(-c6ccccc6)c5)c5cccc(-c6ccccc6)c5)cc([Si](c5ccccc5)(c5cccc(-c6ccccc6)c5)c5cccc(-c6ccccc6)c5)c4)nc(-c4cccc(-c5ccccc5)c4)n3)c2)cc1. The van der Waals surface area contributed by atoms with Crippen LogP contribution in [0.25, 0.3) is 101 Å². The summed E-state index contributed by atoms with van der Waals surface area (Å²) >= 11 is 0. The highest BCUT2D eigenvalue weighted by molar-refractivity contribution is 7.22. The van der Waals surface area contributed by atoms with E-state index in [4.69, 9.17) is 9.97 Å². The molecule has 0 fully saturated rings. The van der Waals surface area contributed by atoms with Crippen LogP contribution in [0.4, 0.5) is 0 Å². The molecule has 2 nitrogen and oxygen atoms in total. The molecular formula is C94H68N2Si2. The van der Waals surface area contributed by atoms with Crippen molar-refractivity contribution in [3.05, 3.63) is 413 Å². The molecule has 0 N–H and O–H groups in total. The van der Waals surface area contributed by atoms with Gasteiger partial charge in [-0.25, -0.2) is 9.97 Å². The van der Waals surface area contributed by atoms with Gasteiger partial charge in [0.05, 0.1) is 11.4 Å². The van der Waals surface area contributed by atoms with E-state index < -0.39 is 16.1 Å². The second-order valence-corrected chi connectivity index (χ2v) is 32.8. The van der Waals surface area contributed by atoms with Crippen molar-refractivity contribution in [1.29, 1.82) is 0 Å². The lowest BCUT2D eigenvalue weighted by Crippen LogP contribution is -2.78. The van der Waals surface area contributed by atoms with Gasteiger partial charge in [-0.1, -0.05) is 394 Å². The third kappa shape index (κ3) is 11.9. The molecule has 15 aromatic carbocycles. The monoisotopic (exact) mass is 1280 g/mol. The smallest absolute Gasteiger partial charge is 0.179 e. The van der Waals surface area contributed by atoms with Crippen molar-refractivity contribution in [2.75, 3.05) is 0 Å². The highest BCUT2D eigenvalue weighted by atomic mass is 28.3. The molecular weight excluding hydrogens is 1210 g/mol. The van der Waals surface area contributed by atoms with Crippen LogP contribution in [0, 0.1) is 0 Å². The average molecular weight is 1280 g/mol. The Bertz CT molecular complexity index is 4920. The van der Waals surface area contributed by atoms with Gasteiger partial charge in [0.15, 0.2) is 22.0 Å². The van der Waals surface area contributed by atoms with Crippen LogP contribution in [-0.2, 0) is 0 Å². The van der Waals surface area contributed by atoms with Gasteiger partial charge in [-0.3, -0.25) is 0 Å². The zero-order valence-corrected chi connectivity index (χ0v) is 56.2. The van der Waals surface area contributed by atoms with Gasteiger partial charge < -0.3 is 0 Å². The molecule has 16 aromatic rings. The van der Waals surface area contributed by atoms with Crippen molar-refractivity contribution >= 4 is 57.6 Å². The van der Waals surface area contributed by atoms with E-state index in [1.807, 2.05) is 0 Å². The predicted octanol–water partition coefficient (Wildman–Crippen LogP) is 18.2. The number of benzene rings is 15. The van der Waals surface area contributed by atoms with Crippen molar-refractivity contribution in [2.24, 2.45) is 0 Å². The van der Waals surface area contributed by atoms with Gasteiger partial charge in [-0.2, -0.15) is 0 Å². The third-order valence-electron chi connectivity index (χ3n) is 19.3. The molecule has 462 valence electrons. The van der Waals surface area contributed by atoms with Gasteiger partial charge in [-0.05, 0) is 126 Å². The maximum atomic E-state index is 5.93. The van der Waals surface area contributed by atoms with Gasteiger partial charge in [-0.15, -0.1) is 0 Å². The number of rotatable bonds is 17. The molecule has 4 heteroatoms. The summed E-state index contributed by atoms with van der Waals surface area (Å²) in [5, 5.41) is 10.1. The van der Waals surface area contributed by atoms with E-state index in [0.29, 0.717) is 5.82 Å². The first-order chi connectivity index (χ1) is 48.5. The third-order valence-corrected chi connectivity index (χ3v) is 28.8. The first-order valence-electron chi connectivity index (χ1n) is 33.7. The van der Waals surface area contributed by atoms with E-state index in [1.54, 1.807) is 0 Å². The van der Waals surface area contributed by atoms with Crippen LogP contribution in [0.3, 0.4) is 0 Å². The van der Waals surface area contributed by atoms with Crippen LogP contribution in [0.2, 0.25) is 0 Å². The zero-order chi connectivity index (χ0) is 65.5. The zero-order valence-electron chi connectivity index (χ0n) is 54.2. The summed E-state index contributed by atoms with van der Waals surface area (Å²) in [5.74, 6) is 0.641. The van der Waals surface area contributed by atoms with Gasteiger partial charge >= 0.3 is 0 Å². The highest BCUT2D eigenvalue weighted by Crippen LogP contribution is 2.34. The summed E-state index contributed by atoms with van der Waals surface area (Å²) < 4.78 is 0. The van der Waals surface area contributed by atoms with Crippen molar-refractivity contribution < 1.29 is 0 Å².